The second-order valence-corrected chi connectivity index (χ2v) is 4.52. The van der Waals surface area contributed by atoms with Crippen molar-refractivity contribution in [3.8, 4) is 0 Å². The maximum Gasteiger partial charge on any atom is 0.204 e. The van der Waals surface area contributed by atoms with Crippen molar-refractivity contribution in [1.82, 2.24) is 0 Å². The topological polar surface area (TPSA) is 39.2 Å². The van der Waals surface area contributed by atoms with Crippen molar-refractivity contribution in [3.05, 3.63) is 36.0 Å². The molecule has 0 saturated heterocycles. The second-order valence-electron chi connectivity index (χ2n) is 4.52. The number of nitrogens with zero attached hydrogens (tertiary/aromatic N) is 2. The lowest BCUT2D eigenvalue weighted by Crippen LogP contribution is -2.12. The van der Waals surface area contributed by atoms with E-state index < -0.39 is 0 Å². The molecule has 0 aliphatic heterocycles. The van der Waals surface area contributed by atoms with Crippen molar-refractivity contribution in [2.75, 3.05) is 6.54 Å². The summed E-state index contributed by atoms with van der Waals surface area (Å²) in [7, 11) is 0. The molecule has 0 aliphatic carbocycles. The summed E-state index contributed by atoms with van der Waals surface area (Å²) in [6.45, 7) is 14.9. The maximum atomic E-state index is 7.83. The molecular formula is C17H32N3+. The van der Waals surface area contributed by atoms with Gasteiger partial charge in [-0.2, -0.15) is 0 Å². The molecule has 1 N–H and O–H groups in total. The molecule has 114 valence electrons. The predicted molar refractivity (Wildman–Crippen MR) is 89.5 cm³/mol. The monoisotopic (exact) mass is 278 g/mol. The van der Waals surface area contributed by atoms with Crippen LogP contribution in [-0.2, 0) is 0 Å². The minimum atomic E-state index is 0.429. The molecule has 3 nitrogen and oxygen atoms in total. The van der Waals surface area contributed by atoms with Crippen molar-refractivity contribution < 1.29 is 4.81 Å². The van der Waals surface area contributed by atoms with Gasteiger partial charge in [0.25, 0.3) is 0 Å². The van der Waals surface area contributed by atoms with Gasteiger partial charge in [0.05, 0.1) is 0 Å². The van der Waals surface area contributed by atoms with Crippen LogP contribution >= 0.6 is 0 Å². The molecule has 3 heteroatoms. The molecule has 0 heterocycles. The molecular weight excluding hydrogens is 246 g/mol. The molecule has 0 spiro atoms. The van der Waals surface area contributed by atoms with E-state index in [1.54, 1.807) is 0 Å². The van der Waals surface area contributed by atoms with Gasteiger partial charge in [-0.3, -0.25) is 0 Å². The van der Waals surface area contributed by atoms with E-state index in [9.17, 15) is 0 Å². The van der Waals surface area contributed by atoms with E-state index in [2.05, 4.69) is 31.9 Å². The molecule has 0 aromatic carbocycles. The minimum Gasteiger partial charge on any atom is -0.0870 e. The van der Waals surface area contributed by atoms with Gasteiger partial charge in [-0.15, -0.1) is 0 Å². The summed E-state index contributed by atoms with van der Waals surface area (Å²) >= 11 is 0. The fourth-order valence-corrected chi connectivity index (χ4v) is 1.44. The Hall–Kier alpha value is -1.51. The Kier molecular flexibility index (Phi) is 14.5. The van der Waals surface area contributed by atoms with Crippen molar-refractivity contribution in [2.45, 2.75) is 54.9 Å². The lowest BCUT2D eigenvalue weighted by Gasteiger charge is -2.00. The van der Waals surface area contributed by atoms with Crippen LogP contribution in [0, 0.1) is 11.4 Å². The quantitative estimate of drug-likeness (QED) is 0.208. The summed E-state index contributed by atoms with van der Waals surface area (Å²) in [5, 5.41) is 4.35. The van der Waals surface area contributed by atoms with Crippen LogP contribution in [0.15, 0.2) is 41.1 Å². The molecule has 0 atom stereocenters. The molecule has 0 fully saturated rings. The number of hydrazone groups is 1. The van der Waals surface area contributed by atoms with Gasteiger partial charge in [-0.1, -0.05) is 58.9 Å². The Balaban J connectivity index is 0. The van der Waals surface area contributed by atoms with Gasteiger partial charge >= 0.3 is 0 Å². The summed E-state index contributed by atoms with van der Waals surface area (Å²) in [5.74, 6) is 0.429. The van der Waals surface area contributed by atoms with Gasteiger partial charge in [0, 0.05) is 21.4 Å². The fourth-order valence-electron chi connectivity index (χ4n) is 1.44. The largest absolute Gasteiger partial charge is 0.204 e. The Morgan fingerprint density at radius 3 is 2.20 bits per heavy atom. The van der Waals surface area contributed by atoms with E-state index in [0.717, 1.165) is 17.7 Å². The second kappa shape index (κ2) is 13.9. The van der Waals surface area contributed by atoms with Crippen molar-refractivity contribution in [2.24, 2.45) is 11.0 Å². The first-order valence-corrected chi connectivity index (χ1v) is 7.58. The van der Waals surface area contributed by atoms with E-state index in [1.165, 1.54) is 4.81 Å². The van der Waals surface area contributed by atoms with Crippen LogP contribution in [0.1, 0.15) is 54.9 Å². The molecule has 0 radical (unpaired) electrons. The smallest absolute Gasteiger partial charge is 0.0870 e. The highest BCUT2D eigenvalue weighted by Gasteiger charge is 2.09. The minimum absolute atomic E-state index is 0.429. The highest BCUT2D eigenvalue weighted by molar-refractivity contribution is 6.09. The van der Waals surface area contributed by atoms with E-state index >= 15 is 0 Å². The first-order valence-electron chi connectivity index (χ1n) is 7.58. The van der Waals surface area contributed by atoms with Crippen molar-refractivity contribution in [1.29, 1.82) is 5.53 Å². The summed E-state index contributed by atoms with van der Waals surface area (Å²) < 4.78 is 0. The summed E-state index contributed by atoms with van der Waals surface area (Å²) in [5.41, 5.74) is 9.72. The Morgan fingerprint density at radius 2 is 1.80 bits per heavy atom. The molecule has 0 amide bonds. The molecule has 0 aliphatic rings. The molecule has 0 saturated carbocycles. The number of hydrogen-bond donors (Lipinski definition) is 1. The van der Waals surface area contributed by atoms with Gasteiger partial charge in [0.15, 0.2) is 0 Å². The highest BCUT2D eigenvalue weighted by atomic mass is 15.5. The third-order valence-corrected chi connectivity index (χ3v) is 2.23. The third-order valence-electron chi connectivity index (χ3n) is 2.23. The van der Waals surface area contributed by atoms with Crippen LogP contribution in [0.5, 0.6) is 0 Å². The lowest BCUT2D eigenvalue weighted by molar-refractivity contribution is -0.625. The average molecular weight is 278 g/mol. The number of hydrogen-bond acceptors (Lipinski definition) is 1. The SMILES string of the molecule is CC.C\C=C/C(=C/C)C(/C=C\CC)=N\[N+](=N)CC(C)C. The molecule has 0 unspecified atom stereocenters. The Bertz CT molecular complexity index is 372. The van der Waals surface area contributed by atoms with Crippen LogP contribution in [0.4, 0.5) is 0 Å². The molecule has 0 aromatic heterocycles. The van der Waals surface area contributed by atoms with Gasteiger partial charge in [0.2, 0.25) is 6.54 Å². The fraction of sp³-hybridized carbons (Fsp3) is 0.588. The van der Waals surface area contributed by atoms with Crippen LogP contribution in [-0.4, -0.2) is 17.1 Å². The molecule has 0 aromatic rings. The van der Waals surface area contributed by atoms with Crippen LogP contribution in [0.3, 0.4) is 0 Å². The summed E-state index contributed by atoms with van der Waals surface area (Å²) in [6.07, 6.45) is 11.0. The highest BCUT2D eigenvalue weighted by Crippen LogP contribution is 2.05. The van der Waals surface area contributed by atoms with Crippen LogP contribution < -0.4 is 0 Å². The van der Waals surface area contributed by atoms with E-state index in [1.807, 2.05) is 52.0 Å². The zero-order chi connectivity index (χ0) is 16.0. The van der Waals surface area contributed by atoms with Gasteiger partial charge < -0.3 is 0 Å². The average Bonchev–Trinajstić information content (AvgIpc) is 2.42. The van der Waals surface area contributed by atoms with Crippen LogP contribution in [0.2, 0.25) is 0 Å². The van der Waals surface area contributed by atoms with Crippen molar-refractivity contribution >= 4 is 5.71 Å². The normalized spacial score (nSPS) is 13.0. The Morgan fingerprint density at radius 1 is 1.20 bits per heavy atom. The molecule has 0 bridgehead atoms. The van der Waals surface area contributed by atoms with Crippen molar-refractivity contribution in [3.63, 3.8) is 0 Å². The van der Waals surface area contributed by atoms with Gasteiger partial charge in [-0.05, 0) is 31.9 Å². The standard InChI is InChI=1S/C15H26N3.C2H6/c1-6-9-11-15(14(8-3)10-7-2)17-18(16)12-13(4)5;1-2/h7-11,13,16H,6,12H2,1-5H3;1-2H3/q+1;/b10-7-,11-9-,14-8-,17-15-,18-16?;. The van der Waals surface area contributed by atoms with Gasteiger partial charge in [0.1, 0.15) is 5.71 Å². The summed E-state index contributed by atoms with van der Waals surface area (Å²) in [4.78, 5) is 1.27. The molecule has 20 heavy (non-hydrogen) atoms. The predicted octanol–water partition coefficient (Wildman–Crippen LogP) is 5.56. The maximum absolute atomic E-state index is 7.83. The first-order chi connectivity index (χ1) is 9.54. The third kappa shape index (κ3) is 10.4. The summed E-state index contributed by atoms with van der Waals surface area (Å²) in [6, 6.07) is 0. The first kappa shape index (κ1) is 20.8. The molecule has 0 rings (SSSR count). The zero-order valence-corrected chi connectivity index (χ0v) is 14.3. The number of rotatable bonds is 7. The van der Waals surface area contributed by atoms with Crippen LogP contribution in [0.25, 0.3) is 0 Å². The van der Waals surface area contributed by atoms with E-state index in [-0.39, 0.29) is 0 Å². The number of nitrogens with one attached hydrogen (secondary N) is 1. The Labute approximate surface area is 125 Å². The van der Waals surface area contributed by atoms with E-state index in [4.69, 9.17) is 5.53 Å². The lowest BCUT2D eigenvalue weighted by atomic mass is 10.1. The zero-order valence-electron chi connectivity index (χ0n) is 14.3. The number of allylic oxidation sites excluding steroid dienone is 6. The van der Waals surface area contributed by atoms with Gasteiger partial charge in [-0.25, -0.2) is 0 Å². The van der Waals surface area contributed by atoms with E-state index in [0.29, 0.717) is 12.5 Å².